The van der Waals surface area contributed by atoms with Gasteiger partial charge in [-0.3, -0.25) is 0 Å². The normalized spacial score (nSPS) is 16.8. The highest BCUT2D eigenvalue weighted by Gasteiger charge is 2.21. The number of hydrogen-bond acceptors (Lipinski definition) is 3. The van der Waals surface area contributed by atoms with Crippen molar-refractivity contribution in [3.05, 3.63) is 53.6 Å². The zero-order valence-corrected chi connectivity index (χ0v) is 13.2. The molecule has 0 saturated heterocycles. The Bertz CT molecular complexity index is 636. The Kier molecular flexibility index (Phi) is 4.34. The second kappa shape index (κ2) is 6.41. The monoisotopic (exact) mass is 297 g/mol. The molecule has 3 nitrogen and oxygen atoms in total. The number of benzene rings is 2. The van der Waals surface area contributed by atoms with E-state index in [-0.39, 0.29) is 12.5 Å². The molecule has 0 aliphatic carbocycles. The van der Waals surface area contributed by atoms with Gasteiger partial charge in [0.15, 0.2) is 0 Å². The van der Waals surface area contributed by atoms with Crippen molar-refractivity contribution >= 4 is 11.4 Å². The Balaban J connectivity index is 1.88. The lowest BCUT2D eigenvalue weighted by molar-refractivity contribution is 0.205. The molecule has 2 aromatic rings. The minimum absolute atomic E-state index is 0.185. The second-order valence-electron chi connectivity index (χ2n) is 5.82. The first-order valence-corrected chi connectivity index (χ1v) is 7.93. The van der Waals surface area contributed by atoms with Gasteiger partial charge in [-0.15, -0.1) is 0 Å². The van der Waals surface area contributed by atoms with E-state index in [4.69, 9.17) is 4.74 Å². The molecule has 0 aromatic heterocycles. The molecule has 0 fully saturated rings. The van der Waals surface area contributed by atoms with E-state index in [1.54, 1.807) is 0 Å². The fourth-order valence-corrected chi connectivity index (χ4v) is 2.95. The molecule has 0 bridgehead atoms. The molecule has 1 N–H and O–H groups in total. The van der Waals surface area contributed by atoms with E-state index in [2.05, 4.69) is 61.3 Å². The molecule has 116 valence electrons. The van der Waals surface area contributed by atoms with Crippen LogP contribution in [0.4, 0.5) is 11.4 Å². The van der Waals surface area contributed by atoms with Gasteiger partial charge in [0.2, 0.25) is 0 Å². The third kappa shape index (κ3) is 2.81. The highest BCUT2D eigenvalue weighted by atomic mass is 16.5. The van der Waals surface area contributed by atoms with Crippen LogP contribution >= 0.6 is 0 Å². The maximum atomic E-state index is 9.48. The summed E-state index contributed by atoms with van der Waals surface area (Å²) in [4.78, 5) is 2.16. The number of hydrogen-bond donors (Lipinski definition) is 1. The number of aliphatic hydroxyl groups excluding tert-OH is 1. The van der Waals surface area contributed by atoms with Crippen molar-refractivity contribution in [2.75, 3.05) is 25.2 Å². The van der Waals surface area contributed by atoms with E-state index in [0.29, 0.717) is 6.61 Å². The number of aryl methyl sites for hydroxylation is 1. The maximum absolute atomic E-state index is 9.48. The third-order valence-corrected chi connectivity index (χ3v) is 4.50. The fraction of sp³-hybridized carbons (Fsp3) is 0.368. The predicted molar refractivity (Wildman–Crippen MR) is 90.3 cm³/mol. The van der Waals surface area contributed by atoms with Crippen molar-refractivity contribution in [1.29, 1.82) is 0 Å². The average Bonchev–Trinajstić information content (AvgIpc) is 2.60. The van der Waals surface area contributed by atoms with Crippen LogP contribution in [-0.4, -0.2) is 25.4 Å². The van der Waals surface area contributed by atoms with E-state index < -0.39 is 0 Å². The lowest BCUT2D eigenvalue weighted by atomic mass is 9.93. The van der Waals surface area contributed by atoms with Gasteiger partial charge in [0.25, 0.3) is 0 Å². The van der Waals surface area contributed by atoms with Crippen LogP contribution in [0.15, 0.2) is 42.5 Å². The van der Waals surface area contributed by atoms with E-state index >= 15 is 0 Å². The lowest BCUT2D eigenvalue weighted by Crippen LogP contribution is -2.18. The Morgan fingerprint density at radius 1 is 1.14 bits per heavy atom. The molecular formula is C19H23NO2. The van der Waals surface area contributed by atoms with Crippen LogP contribution in [-0.2, 0) is 6.42 Å². The highest BCUT2D eigenvalue weighted by molar-refractivity contribution is 5.65. The van der Waals surface area contributed by atoms with Crippen LogP contribution in [0.3, 0.4) is 0 Å². The van der Waals surface area contributed by atoms with Crippen molar-refractivity contribution in [2.24, 2.45) is 0 Å². The lowest BCUT2D eigenvalue weighted by Gasteiger charge is -2.27. The molecule has 0 saturated carbocycles. The van der Waals surface area contributed by atoms with E-state index in [1.807, 2.05) is 0 Å². The minimum atomic E-state index is 0.185. The first-order chi connectivity index (χ1) is 10.7. The Labute approximate surface area is 132 Å². The summed E-state index contributed by atoms with van der Waals surface area (Å²) in [5.74, 6) is 1.10. The maximum Gasteiger partial charge on any atom is 0.124 e. The van der Waals surface area contributed by atoms with Crippen molar-refractivity contribution in [3.63, 3.8) is 0 Å². The molecule has 1 atom stereocenters. The summed E-state index contributed by atoms with van der Waals surface area (Å²) in [7, 11) is 2.06. The summed E-state index contributed by atoms with van der Waals surface area (Å²) < 4.78 is 5.78. The molecule has 1 unspecified atom stereocenters. The molecule has 3 heteroatoms. The van der Waals surface area contributed by atoms with E-state index in [0.717, 1.165) is 35.5 Å². The van der Waals surface area contributed by atoms with Gasteiger partial charge in [-0.25, -0.2) is 0 Å². The van der Waals surface area contributed by atoms with Crippen LogP contribution in [0.25, 0.3) is 0 Å². The third-order valence-electron chi connectivity index (χ3n) is 4.50. The van der Waals surface area contributed by atoms with Crippen molar-refractivity contribution in [3.8, 4) is 5.75 Å². The van der Waals surface area contributed by atoms with Gasteiger partial charge >= 0.3 is 0 Å². The summed E-state index contributed by atoms with van der Waals surface area (Å²) in [6, 6.07) is 14.9. The van der Waals surface area contributed by atoms with Gasteiger partial charge in [-0.1, -0.05) is 25.1 Å². The van der Waals surface area contributed by atoms with Crippen molar-refractivity contribution in [2.45, 2.75) is 25.7 Å². The molecular weight excluding hydrogens is 274 g/mol. The van der Waals surface area contributed by atoms with Crippen LogP contribution in [0.5, 0.6) is 5.75 Å². The summed E-state index contributed by atoms with van der Waals surface area (Å²) in [5.41, 5.74) is 4.72. The zero-order chi connectivity index (χ0) is 15.5. The standard InChI is InChI=1S/C19H23NO2/c1-3-14-4-6-16(7-5-14)20(2)17-8-9-18-15(13-21)10-11-22-19(18)12-17/h4-9,12,15,21H,3,10-11,13H2,1-2H3. The highest BCUT2D eigenvalue weighted by Crippen LogP contribution is 2.37. The molecule has 22 heavy (non-hydrogen) atoms. The summed E-state index contributed by atoms with van der Waals surface area (Å²) in [6.45, 7) is 3.03. The number of aliphatic hydroxyl groups is 1. The Morgan fingerprint density at radius 2 is 1.86 bits per heavy atom. The van der Waals surface area contributed by atoms with Gasteiger partial charge in [0.1, 0.15) is 5.75 Å². The Morgan fingerprint density at radius 3 is 2.55 bits per heavy atom. The second-order valence-corrected chi connectivity index (χ2v) is 5.82. The number of rotatable bonds is 4. The average molecular weight is 297 g/mol. The number of ether oxygens (including phenoxy) is 1. The van der Waals surface area contributed by atoms with Crippen LogP contribution in [0.2, 0.25) is 0 Å². The quantitative estimate of drug-likeness (QED) is 0.929. The van der Waals surface area contributed by atoms with Gasteiger partial charge in [0.05, 0.1) is 13.2 Å². The van der Waals surface area contributed by atoms with Crippen LogP contribution in [0, 0.1) is 0 Å². The van der Waals surface area contributed by atoms with Crippen LogP contribution in [0.1, 0.15) is 30.4 Å². The van der Waals surface area contributed by atoms with Crippen LogP contribution < -0.4 is 9.64 Å². The van der Waals surface area contributed by atoms with Crippen molar-refractivity contribution < 1.29 is 9.84 Å². The molecule has 2 aromatic carbocycles. The fourth-order valence-electron chi connectivity index (χ4n) is 2.95. The smallest absolute Gasteiger partial charge is 0.124 e. The van der Waals surface area contributed by atoms with Gasteiger partial charge in [0, 0.05) is 30.4 Å². The van der Waals surface area contributed by atoms with E-state index in [1.165, 1.54) is 5.56 Å². The zero-order valence-electron chi connectivity index (χ0n) is 13.2. The summed E-state index contributed by atoms with van der Waals surface area (Å²) in [5, 5.41) is 9.48. The molecule has 3 rings (SSSR count). The minimum Gasteiger partial charge on any atom is -0.493 e. The molecule has 0 radical (unpaired) electrons. The topological polar surface area (TPSA) is 32.7 Å². The van der Waals surface area contributed by atoms with E-state index in [9.17, 15) is 5.11 Å². The SMILES string of the molecule is CCc1ccc(N(C)c2ccc3c(c2)OCCC3CO)cc1. The first kappa shape index (κ1) is 14.9. The summed E-state index contributed by atoms with van der Waals surface area (Å²) in [6.07, 6.45) is 1.94. The molecule has 0 amide bonds. The van der Waals surface area contributed by atoms with Gasteiger partial charge < -0.3 is 14.7 Å². The number of anilines is 2. The molecule has 1 heterocycles. The van der Waals surface area contributed by atoms with Crippen molar-refractivity contribution in [1.82, 2.24) is 0 Å². The predicted octanol–water partition coefficient (Wildman–Crippen LogP) is 3.88. The number of nitrogens with zero attached hydrogens (tertiary/aromatic N) is 1. The largest absolute Gasteiger partial charge is 0.493 e. The first-order valence-electron chi connectivity index (χ1n) is 7.93. The molecule has 1 aliphatic heterocycles. The Hall–Kier alpha value is -2.00. The summed E-state index contributed by atoms with van der Waals surface area (Å²) >= 11 is 0. The molecule has 1 aliphatic rings. The van der Waals surface area contributed by atoms with Gasteiger partial charge in [-0.05, 0) is 42.2 Å². The number of fused-ring (bicyclic) bond motifs is 1. The molecule has 0 spiro atoms. The van der Waals surface area contributed by atoms with Gasteiger partial charge in [-0.2, -0.15) is 0 Å².